The molecule has 0 aromatic carbocycles. The highest BCUT2D eigenvalue weighted by Gasteiger charge is 2.30. The van der Waals surface area contributed by atoms with Crippen LogP contribution in [0.2, 0.25) is 0 Å². The van der Waals surface area contributed by atoms with Crippen LogP contribution in [-0.2, 0) is 65.4 Å². The van der Waals surface area contributed by atoms with Crippen LogP contribution in [0.4, 0.5) is 0 Å². The Morgan fingerprint density at radius 1 is 0.280 bits per heavy atom. The highest BCUT2D eigenvalue weighted by molar-refractivity contribution is 7.47. The lowest BCUT2D eigenvalue weighted by Crippen LogP contribution is -2.30. The van der Waals surface area contributed by atoms with Gasteiger partial charge in [-0.25, -0.2) is 9.13 Å². The number of hydrogen-bond donors (Lipinski definition) is 3. The maximum atomic E-state index is 13.1. The van der Waals surface area contributed by atoms with Gasteiger partial charge >= 0.3 is 39.5 Å². The molecule has 0 heterocycles. The first-order valence-electron chi connectivity index (χ1n) is 42.0. The number of aliphatic hydroxyl groups is 1. The minimum absolute atomic E-state index is 0.107. The molecule has 0 rings (SSSR count). The SMILES string of the molecule is CCCCCCCCCCCCCCCCC(=O)O[C@H](COC(=O)CCCCCCCCC(C)CC)COP(=O)(O)OC[C@H](O)COP(=O)(O)OC[C@@H](COC(=O)CCCCCCCCCCCCCCCCC(C)CC)OC(=O)CCCCCCCCCCCCCCCCC(C)CC. The molecular formula is C81H158O17P2. The van der Waals surface area contributed by atoms with Crippen molar-refractivity contribution < 1.29 is 80.2 Å². The molecule has 0 saturated heterocycles. The van der Waals surface area contributed by atoms with Crippen LogP contribution < -0.4 is 0 Å². The summed E-state index contributed by atoms with van der Waals surface area (Å²) in [4.78, 5) is 73.0. The van der Waals surface area contributed by atoms with Crippen molar-refractivity contribution in [3.05, 3.63) is 0 Å². The summed E-state index contributed by atoms with van der Waals surface area (Å²) in [5.74, 6) is 0.316. The molecule has 594 valence electrons. The van der Waals surface area contributed by atoms with Crippen molar-refractivity contribution in [3.8, 4) is 0 Å². The first-order valence-corrected chi connectivity index (χ1v) is 45.0. The Balaban J connectivity index is 5.25. The maximum absolute atomic E-state index is 13.1. The lowest BCUT2D eigenvalue weighted by atomic mass is 9.99. The Morgan fingerprint density at radius 3 is 0.710 bits per heavy atom. The normalized spacial score (nSPS) is 14.8. The highest BCUT2D eigenvalue weighted by atomic mass is 31.2. The third-order valence-corrected chi connectivity index (χ3v) is 21.9. The second-order valence-corrected chi connectivity index (χ2v) is 32.8. The summed E-state index contributed by atoms with van der Waals surface area (Å²) < 4.78 is 68.7. The number of esters is 4. The third kappa shape index (κ3) is 70.4. The van der Waals surface area contributed by atoms with Gasteiger partial charge in [-0.15, -0.1) is 0 Å². The lowest BCUT2D eigenvalue weighted by molar-refractivity contribution is -0.161. The Bertz CT molecular complexity index is 1950. The van der Waals surface area contributed by atoms with Crippen molar-refractivity contribution in [3.63, 3.8) is 0 Å². The molecule has 19 heteroatoms. The second kappa shape index (κ2) is 71.3. The van der Waals surface area contributed by atoms with Crippen molar-refractivity contribution in [1.29, 1.82) is 0 Å². The van der Waals surface area contributed by atoms with Crippen molar-refractivity contribution in [1.82, 2.24) is 0 Å². The van der Waals surface area contributed by atoms with E-state index in [9.17, 15) is 43.2 Å². The number of rotatable bonds is 79. The summed E-state index contributed by atoms with van der Waals surface area (Å²) in [6.07, 6.45) is 59.5. The van der Waals surface area contributed by atoms with Gasteiger partial charge in [-0.1, -0.05) is 370 Å². The molecule has 0 aliphatic carbocycles. The van der Waals surface area contributed by atoms with Gasteiger partial charge in [0.05, 0.1) is 26.4 Å². The number of ether oxygens (including phenoxy) is 4. The molecule has 0 saturated carbocycles. The van der Waals surface area contributed by atoms with E-state index in [4.69, 9.17) is 37.0 Å². The standard InChI is InChI=1S/C81H158O17P2/c1-8-12-13-14-15-16-17-18-25-31-36-41-50-57-64-81(86)98-77(69-92-79(84)63-56-49-44-43-47-54-61-74(7)11-4)71-96-100(89,90)94-67-75(82)66-93-99(87,88)95-70-76(97-80(85)65-58-51-42-37-32-27-22-20-24-29-34-39-46-53-60-73(6)10-3)68-91-78(83)62-55-48-40-35-30-26-21-19-23-28-33-38-45-52-59-72(5)9-2/h72-77,82H,8-71H2,1-7H3,(H,87,88)(H,89,90)/t72?,73?,74?,75-,76-,77-/m1/s1. The molecule has 0 aromatic heterocycles. The summed E-state index contributed by atoms with van der Waals surface area (Å²) >= 11 is 0. The molecule has 3 N–H and O–H groups in total. The number of carbonyl (C=O) groups is 4. The van der Waals surface area contributed by atoms with Gasteiger partial charge in [-0.05, 0) is 43.4 Å². The fourth-order valence-corrected chi connectivity index (χ4v) is 14.0. The van der Waals surface area contributed by atoms with Crippen LogP contribution in [-0.4, -0.2) is 96.7 Å². The van der Waals surface area contributed by atoms with Gasteiger partial charge in [-0.2, -0.15) is 0 Å². The van der Waals surface area contributed by atoms with E-state index in [2.05, 4.69) is 48.5 Å². The predicted molar refractivity (Wildman–Crippen MR) is 409 cm³/mol. The van der Waals surface area contributed by atoms with Crippen LogP contribution in [0, 0.1) is 17.8 Å². The molecule has 0 bridgehead atoms. The zero-order valence-electron chi connectivity index (χ0n) is 65.7. The first kappa shape index (κ1) is 98.1. The van der Waals surface area contributed by atoms with Crippen LogP contribution in [0.15, 0.2) is 0 Å². The number of hydrogen-bond acceptors (Lipinski definition) is 15. The first-order chi connectivity index (χ1) is 48.3. The zero-order chi connectivity index (χ0) is 73.7. The number of aliphatic hydroxyl groups excluding tert-OH is 1. The average molecular weight is 1470 g/mol. The molecule has 0 fully saturated rings. The summed E-state index contributed by atoms with van der Waals surface area (Å²) in [6.45, 7) is 12.0. The van der Waals surface area contributed by atoms with Crippen molar-refractivity contribution in [2.24, 2.45) is 17.8 Å². The van der Waals surface area contributed by atoms with Gasteiger partial charge in [0.2, 0.25) is 0 Å². The van der Waals surface area contributed by atoms with E-state index in [0.717, 1.165) is 114 Å². The number of unbranched alkanes of at least 4 members (excludes halogenated alkanes) is 44. The van der Waals surface area contributed by atoms with Crippen molar-refractivity contribution >= 4 is 39.5 Å². The molecule has 8 atom stereocenters. The Hall–Kier alpha value is -1.94. The smallest absolute Gasteiger partial charge is 0.462 e. The Labute approximate surface area is 613 Å². The van der Waals surface area contributed by atoms with Gasteiger partial charge in [0.1, 0.15) is 19.3 Å². The molecule has 17 nitrogen and oxygen atoms in total. The van der Waals surface area contributed by atoms with Crippen LogP contribution >= 0.6 is 15.6 Å². The second-order valence-electron chi connectivity index (χ2n) is 29.9. The van der Waals surface area contributed by atoms with E-state index in [1.165, 1.54) is 225 Å². The Morgan fingerprint density at radius 2 is 0.480 bits per heavy atom. The molecule has 5 unspecified atom stereocenters. The lowest BCUT2D eigenvalue weighted by Gasteiger charge is -2.21. The van der Waals surface area contributed by atoms with Gasteiger partial charge in [0.15, 0.2) is 12.2 Å². The van der Waals surface area contributed by atoms with Gasteiger partial charge in [0, 0.05) is 25.7 Å². The molecule has 0 spiro atoms. The van der Waals surface area contributed by atoms with Gasteiger partial charge in [0.25, 0.3) is 0 Å². The van der Waals surface area contributed by atoms with Crippen molar-refractivity contribution in [2.75, 3.05) is 39.6 Å². The van der Waals surface area contributed by atoms with Gasteiger partial charge < -0.3 is 33.8 Å². The van der Waals surface area contributed by atoms with Crippen LogP contribution in [0.1, 0.15) is 421 Å². The quantitative estimate of drug-likeness (QED) is 0.0222. The molecule has 0 aliphatic rings. The van der Waals surface area contributed by atoms with Crippen LogP contribution in [0.5, 0.6) is 0 Å². The minimum Gasteiger partial charge on any atom is -0.462 e. The molecule has 0 radical (unpaired) electrons. The van der Waals surface area contributed by atoms with E-state index in [1.54, 1.807) is 0 Å². The topological polar surface area (TPSA) is 237 Å². The molecule has 0 aromatic rings. The van der Waals surface area contributed by atoms with Crippen LogP contribution in [0.3, 0.4) is 0 Å². The van der Waals surface area contributed by atoms with E-state index < -0.39 is 97.5 Å². The average Bonchev–Trinajstić information content (AvgIpc) is 0.927. The minimum atomic E-state index is -4.96. The van der Waals surface area contributed by atoms with E-state index in [-0.39, 0.29) is 25.7 Å². The summed E-state index contributed by atoms with van der Waals surface area (Å²) in [7, 11) is -9.92. The van der Waals surface area contributed by atoms with E-state index in [0.29, 0.717) is 25.7 Å². The summed E-state index contributed by atoms with van der Waals surface area (Å²) in [6, 6.07) is 0. The number of phosphoric acid groups is 2. The molecular weight excluding hydrogens is 1310 g/mol. The summed E-state index contributed by atoms with van der Waals surface area (Å²) in [5.41, 5.74) is 0. The van der Waals surface area contributed by atoms with E-state index >= 15 is 0 Å². The van der Waals surface area contributed by atoms with Gasteiger partial charge in [-0.3, -0.25) is 37.3 Å². The number of phosphoric ester groups is 2. The highest BCUT2D eigenvalue weighted by Crippen LogP contribution is 2.45. The molecule has 0 aliphatic heterocycles. The maximum Gasteiger partial charge on any atom is 0.472 e. The number of carbonyl (C=O) groups excluding carboxylic acids is 4. The summed E-state index contributed by atoms with van der Waals surface area (Å²) in [5, 5.41) is 10.6. The van der Waals surface area contributed by atoms with Crippen LogP contribution in [0.25, 0.3) is 0 Å². The fraction of sp³-hybridized carbons (Fsp3) is 0.951. The third-order valence-electron chi connectivity index (χ3n) is 20.0. The largest absolute Gasteiger partial charge is 0.472 e. The fourth-order valence-electron chi connectivity index (χ4n) is 12.4. The predicted octanol–water partition coefficient (Wildman–Crippen LogP) is 24.1. The molecule has 100 heavy (non-hydrogen) atoms. The molecule has 0 amide bonds. The van der Waals surface area contributed by atoms with Crippen molar-refractivity contribution in [2.45, 2.75) is 439 Å². The monoisotopic (exact) mass is 1470 g/mol. The zero-order valence-corrected chi connectivity index (χ0v) is 67.5. The van der Waals surface area contributed by atoms with E-state index in [1.807, 2.05) is 0 Å². The Kier molecular flexibility index (Phi) is 69.9.